The topological polar surface area (TPSA) is 82.7 Å². The fourth-order valence-corrected chi connectivity index (χ4v) is 5.01. The van der Waals surface area contributed by atoms with Crippen LogP contribution >= 0.6 is 0 Å². The molecule has 0 radical (unpaired) electrons. The number of hydrogen-bond donors (Lipinski definition) is 0. The average molecular weight is 505 g/mol. The van der Waals surface area contributed by atoms with Gasteiger partial charge in [-0.25, -0.2) is 19.0 Å². The van der Waals surface area contributed by atoms with Gasteiger partial charge in [-0.15, -0.1) is 5.10 Å². The van der Waals surface area contributed by atoms with Crippen LogP contribution in [0.25, 0.3) is 17.1 Å². The highest BCUT2D eigenvalue weighted by molar-refractivity contribution is 6.06. The molecule has 0 spiro atoms. The third-order valence-electron chi connectivity index (χ3n) is 7.33. The molecule has 2 aromatic heterocycles. The van der Waals surface area contributed by atoms with Crippen LogP contribution in [0.1, 0.15) is 17.5 Å². The standard InChI is InChI=1S/C27H36N8O2/c1-19-16-22-23(17-20(19)2)35-26(29-33(27(35)37)11-7-10-30(3)4)21-8-6-9-28-25(21)34(22)24(36)18-32-14-12-31(5)13-15-32/h6,8-9,16-17H,7,10-15,18H2,1-5H3. The van der Waals surface area contributed by atoms with E-state index in [1.807, 2.05) is 52.2 Å². The maximum absolute atomic E-state index is 14.0. The number of carbonyl (C=O) groups excluding carboxylic acids is 1. The fraction of sp³-hybridized carbons (Fsp3) is 0.481. The van der Waals surface area contributed by atoms with E-state index >= 15 is 0 Å². The Kier molecular flexibility index (Phi) is 6.98. The Morgan fingerprint density at radius 1 is 1.05 bits per heavy atom. The molecule has 10 nitrogen and oxygen atoms in total. The van der Waals surface area contributed by atoms with E-state index in [1.54, 1.807) is 15.7 Å². The summed E-state index contributed by atoms with van der Waals surface area (Å²) >= 11 is 0. The van der Waals surface area contributed by atoms with Crippen molar-refractivity contribution in [3.05, 3.63) is 52.1 Å². The molecule has 1 saturated heterocycles. The third-order valence-corrected chi connectivity index (χ3v) is 7.33. The zero-order valence-corrected chi connectivity index (χ0v) is 22.4. The molecule has 10 heteroatoms. The minimum absolute atomic E-state index is 0.0638. The second kappa shape index (κ2) is 10.2. The molecule has 0 N–H and O–H groups in total. The predicted molar refractivity (Wildman–Crippen MR) is 145 cm³/mol. The number of aryl methyl sites for hydroxylation is 3. The molecule has 1 fully saturated rings. The van der Waals surface area contributed by atoms with Crippen LogP contribution in [0.4, 0.5) is 11.5 Å². The molecular formula is C27H36N8O2. The Bertz CT molecular complexity index is 1370. The fourth-order valence-electron chi connectivity index (χ4n) is 5.01. The molecule has 0 saturated carbocycles. The molecule has 0 atom stereocenters. The first-order valence-electron chi connectivity index (χ1n) is 12.9. The summed E-state index contributed by atoms with van der Waals surface area (Å²) in [5.74, 6) is 0.957. The van der Waals surface area contributed by atoms with Crippen LogP contribution in [-0.4, -0.2) is 100 Å². The maximum atomic E-state index is 14.0. The predicted octanol–water partition coefficient (Wildman–Crippen LogP) is 1.89. The molecule has 2 aliphatic rings. The van der Waals surface area contributed by atoms with E-state index in [2.05, 4.69) is 26.7 Å². The van der Waals surface area contributed by atoms with Gasteiger partial charge in [0.15, 0.2) is 11.6 Å². The van der Waals surface area contributed by atoms with Crippen LogP contribution in [0, 0.1) is 13.8 Å². The lowest BCUT2D eigenvalue weighted by Crippen LogP contribution is -2.48. The molecule has 196 valence electrons. The second-order valence-corrected chi connectivity index (χ2v) is 10.4. The quantitative estimate of drug-likeness (QED) is 0.507. The van der Waals surface area contributed by atoms with Crippen molar-refractivity contribution in [3.63, 3.8) is 0 Å². The molecule has 0 unspecified atom stereocenters. The summed E-state index contributed by atoms with van der Waals surface area (Å²) < 4.78 is 3.19. The van der Waals surface area contributed by atoms with Crippen LogP contribution in [0.5, 0.6) is 0 Å². The highest BCUT2D eigenvalue weighted by Gasteiger charge is 2.34. The van der Waals surface area contributed by atoms with Crippen molar-refractivity contribution in [2.24, 2.45) is 0 Å². The molecule has 5 rings (SSSR count). The van der Waals surface area contributed by atoms with E-state index < -0.39 is 0 Å². The number of hydrogen-bond acceptors (Lipinski definition) is 7. The lowest BCUT2D eigenvalue weighted by molar-refractivity contribution is -0.119. The number of benzene rings is 1. The van der Waals surface area contributed by atoms with Gasteiger partial charge >= 0.3 is 5.69 Å². The van der Waals surface area contributed by atoms with Gasteiger partial charge in [0.05, 0.1) is 23.5 Å². The van der Waals surface area contributed by atoms with Crippen LogP contribution < -0.4 is 10.6 Å². The molecule has 2 aliphatic heterocycles. The Morgan fingerprint density at radius 2 is 1.76 bits per heavy atom. The first-order chi connectivity index (χ1) is 17.7. The lowest BCUT2D eigenvalue weighted by Gasteiger charge is -2.33. The van der Waals surface area contributed by atoms with Gasteiger partial charge in [0.25, 0.3) is 0 Å². The summed E-state index contributed by atoms with van der Waals surface area (Å²) in [6, 6.07) is 7.71. The van der Waals surface area contributed by atoms with Gasteiger partial charge in [-0.1, -0.05) is 0 Å². The van der Waals surface area contributed by atoms with Gasteiger partial charge in [0, 0.05) is 38.9 Å². The zero-order chi connectivity index (χ0) is 26.3. The number of rotatable bonds is 6. The van der Waals surface area contributed by atoms with E-state index in [4.69, 9.17) is 5.10 Å². The molecule has 3 aromatic rings. The first-order valence-corrected chi connectivity index (χ1v) is 12.9. The molecule has 1 aromatic carbocycles. The van der Waals surface area contributed by atoms with Crippen LogP contribution in [0.3, 0.4) is 0 Å². The van der Waals surface area contributed by atoms with Crippen molar-refractivity contribution in [3.8, 4) is 17.1 Å². The molecule has 0 aliphatic carbocycles. The SMILES string of the molecule is Cc1cc2c(cc1C)-n1c(nn(CCCN(C)C)c1=O)-c1cccnc1N2C(=O)CN1CCN(C)CC1. The van der Waals surface area contributed by atoms with Crippen molar-refractivity contribution in [1.29, 1.82) is 0 Å². The van der Waals surface area contributed by atoms with Gasteiger partial charge < -0.3 is 9.80 Å². The summed E-state index contributed by atoms with van der Waals surface area (Å²) in [6.07, 6.45) is 2.50. The maximum Gasteiger partial charge on any atom is 0.350 e. The van der Waals surface area contributed by atoms with E-state index in [0.717, 1.165) is 50.3 Å². The summed E-state index contributed by atoms with van der Waals surface area (Å²) in [4.78, 5) is 40.6. The van der Waals surface area contributed by atoms with Crippen LogP contribution in [-0.2, 0) is 11.3 Å². The molecule has 0 bridgehead atoms. The number of pyridine rings is 1. The van der Waals surface area contributed by atoms with Gasteiger partial charge in [-0.05, 0) is 83.3 Å². The molecule has 4 heterocycles. The summed E-state index contributed by atoms with van der Waals surface area (Å²) in [5, 5.41) is 4.77. The van der Waals surface area contributed by atoms with Gasteiger partial charge in [-0.2, -0.15) is 0 Å². The van der Waals surface area contributed by atoms with Gasteiger partial charge in [0.1, 0.15) is 0 Å². The third kappa shape index (κ3) is 4.84. The minimum atomic E-state index is -0.207. The number of anilines is 2. The summed E-state index contributed by atoms with van der Waals surface area (Å²) in [5.41, 5.74) is 3.87. The minimum Gasteiger partial charge on any atom is -0.309 e. The Balaban J connectivity index is 1.64. The van der Waals surface area contributed by atoms with E-state index in [0.29, 0.717) is 35.1 Å². The Morgan fingerprint density at radius 3 is 2.46 bits per heavy atom. The van der Waals surface area contributed by atoms with E-state index in [1.165, 1.54) is 4.68 Å². The number of likely N-dealkylation sites (N-methyl/N-ethyl adjacent to an activating group) is 1. The van der Waals surface area contributed by atoms with Crippen LogP contribution in [0.2, 0.25) is 0 Å². The Hall–Kier alpha value is -3.34. The number of piperazine rings is 1. The van der Waals surface area contributed by atoms with Crippen molar-refractivity contribution in [2.75, 3.05) is 65.3 Å². The number of nitrogens with zero attached hydrogens (tertiary/aromatic N) is 8. The number of amides is 1. The molecule has 37 heavy (non-hydrogen) atoms. The lowest BCUT2D eigenvalue weighted by atomic mass is 10.1. The monoisotopic (exact) mass is 504 g/mol. The number of carbonyl (C=O) groups is 1. The van der Waals surface area contributed by atoms with E-state index in [9.17, 15) is 9.59 Å². The number of aromatic nitrogens is 4. The number of fused-ring (bicyclic) bond motifs is 5. The summed E-state index contributed by atoms with van der Waals surface area (Å²) in [6.45, 7) is 9.24. The van der Waals surface area contributed by atoms with Crippen molar-refractivity contribution in [2.45, 2.75) is 26.8 Å². The Labute approximate surface area is 217 Å². The van der Waals surface area contributed by atoms with E-state index in [-0.39, 0.29) is 18.1 Å². The van der Waals surface area contributed by atoms with Gasteiger partial charge in [0.2, 0.25) is 5.91 Å². The van der Waals surface area contributed by atoms with Crippen LogP contribution in [0.15, 0.2) is 35.3 Å². The van der Waals surface area contributed by atoms with Crippen molar-refractivity contribution >= 4 is 17.4 Å². The average Bonchev–Trinajstić information content (AvgIpc) is 3.12. The summed E-state index contributed by atoms with van der Waals surface area (Å²) in [7, 11) is 6.13. The highest BCUT2D eigenvalue weighted by atomic mass is 16.2. The largest absolute Gasteiger partial charge is 0.350 e. The zero-order valence-electron chi connectivity index (χ0n) is 22.4. The molecule has 1 amide bonds. The first kappa shape index (κ1) is 25.3. The smallest absolute Gasteiger partial charge is 0.309 e. The van der Waals surface area contributed by atoms with Crippen molar-refractivity contribution in [1.82, 2.24) is 34.0 Å². The van der Waals surface area contributed by atoms with Gasteiger partial charge in [-0.3, -0.25) is 14.6 Å². The molecular weight excluding hydrogens is 468 g/mol. The normalized spacial score (nSPS) is 15.9. The second-order valence-electron chi connectivity index (χ2n) is 10.4. The highest BCUT2D eigenvalue weighted by Crippen LogP contribution is 2.41. The van der Waals surface area contributed by atoms with Crippen molar-refractivity contribution < 1.29 is 4.79 Å².